The summed E-state index contributed by atoms with van der Waals surface area (Å²) in [6.07, 6.45) is -4.65. The quantitative estimate of drug-likeness (QED) is 0.355. The second-order valence-corrected chi connectivity index (χ2v) is 12.5. The van der Waals surface area contributed by atoms with Crippen LogP contribution in [0, 0.1) is 0 Å². The van der Waals surface area contributed by atoms with Crippen molar-refractivity contribution < 1.29 is 13.2 Å². The Morgan fingerprint density at radius 1 is 1.03 bits per heavy atom. The Bertz CT molecular complexity index is 947. The highest BCUT2D eigenvalue weighted by Crippen LogP contribution is 2.60. The Labute approximate surface area is 195 Å². The van der Waals surface area contributed by atoms with Gasteiger partial charge in [0.1, 0.15) is 4.75 Å². The predicted molar refractivity (Wildman–Crippen MR) is 124 cm³/mol. The molecule has 8 heteroatoms. The number of halogens is 6. The molecule has 0 spiro atoms. The van der Waals surface area contributed by atoms with E-state index in [1.165, 1.54) is 18.2 Å². The molecule has 1 heterocycles. The Balaban J connectivity index is 1.96. The van der Waals surface area contributed by atoms with E-state index in [4.69, 9.17) is 23.2 Å². The van der Waals surface area contributed by atoms with Gasteiger partial charge in [0.2, 0.25) is 0 Å². The van der Waals surface area contributed by atoms with Gasteiger partial charge in [0.05, 0.1) is 0 Å². The van der Waals surface area contributed by atoms with Crippen molar-refractivity contribution in [1.82, 2.24) is 0 Å². The molecule has 1 aliphatic rings. The van der Waals surface area contributed by atoms with Gasteiger partial charge >= 0.3 is 6.18 Å². The molecule has 0 N–H and O–H groups in total. The third-order valence-electron chi connectivity index (χ3n) is 4.35. The van der Waals surface area contributed by atoms with Crippen molar-refractivity contribution in [3.8, 4) is 0 Å². The maximum Gasteiger partial charge on any atom is 0.407 e. The van der Waals surface area contributed by atoms with Crippen LogP contribution in [0.3, 0.4) is 0 Å². The van der Waals surface area contributed by atoms with Crippen LogP contribution in [0.1, 0.15) is 38.3 Å². The summed E-state index contributed by atoms with van der Waals surface area (Å²) in [4.78, 5) is 1.05. The number of hydrogen-bond acceptors (Lipinski definition) is 2. The van der Waals surface area contributed by atoms with Crippen molar-refractivity contribution in [3.05, 3.63) is 67.5 Å². The molecule has 0 aromatic heterocycles. The average molecular weight is 542 g/mol. The van der Waals surface area contributed by atoms with Crippen LogP contribution in [0.25, 0.3) is 5.57 Å². The topological polar surface area (TPSA) is 0 Å². The smallest absolute Gasteiger partial charge is 0.169 e. The normalized spacial score (nSPS) is 20.1. The summed E-state index contributed by atoms with van der Waals surface area (Å²) < 4.78 is 41.5. The van der Waals surface area contributed by atoms with Gasteiger partial charge in [-0.25, -0.2) is 0 Å². The number of thioether (sulfide) groups is 2. The van der Waals surface area contributed by atoms with Gasteiger partial charge < -0.3 is 0 Å². The van der Waals surface area contributed by atoms with Crippen molar-refractivity contribution >= 4 is 68.2 Å². The largest absolute Gasteiger partial charge is 0.407 e. The number of hydrogen-bond donors (Lipinski definition) is 0. The first-order valence-electron chi connectivity index (χ1n) is 8.70. The molecule has 0 saturated heterocycles. The molecular formula is C21H18BrCl2F3S2. The molecule has 29 heavy (non-hydrogen) atoms. The molecule has 1 unspecified atom stereocenters. The first-order valence-corrected chi connectivity index (χ1v) is 11.9. The number of rotatable bonds is 3. The van der Waals surface area contributed by atoms with Crippen LogP contribution in [0.5, 0.6) is 0 Å². The summed E-state index contributed by atoms with van der Waals surface area (Å²) in [6, 6.07) is 9.85. The number of benzene rings is 2. The molecule has 0 aliphatic carbocycles. The molecule has 1 atom stereocenters. The summed E-state index contributed by atoms with van der Waals surface area (Å²) in [5.74, 6) is 0. The Morgan fingerprint density at radius 3 is 2.17 bits per heavy atom. The zero-order valence-electron chi connectivity index (χ0n) is 15.8. The van der Waals surface area contributed by atoms with Crippen LogP contribution in [-0.4, -0.2) is 10.9 Å². The number of alkyl halides is 3. The zero-order valence-corrected chi connectivity index (χ0v) is 20.6. The SMILES string of the molecule is CC(C)(C)Sc1ccc(C2=CSC(c3cc(Cl)cc(Cl)c3)(C(F)(F)F)C2)cc1Br. The molecular weight excluding hydrogens is 524 g/mol. The molecule has 0 saturated carbocycles. The van der Waals surface area contributed by atoms with Crippen LogP contribution in [0.4, 0.5) is 13.2 Å². The van der Waals surface area contributed by atoms with Crippen LogP contribution >= 0.6 is 62.7 Å². The highest BCUT2D eigenvalue weighted by atomic mass is 79.9. The molecule has 2 aromatic carbocycles. The summed E-state index contributed by atoms with van der Waals surface area (Å²) in [5.41, 5.74) is 1.47. The van der Waals surface area contributed by atoms with E-state index in [9.17, 15) is 13.2 Å². The van der Waals surface area contributed by atoms with Gasteiger partial charge in [0.25, 0.3) is 0 Å². The molecule has 0 nitrogen and oxygen atoms in total. The maximum atomic E-state index is 14.2. The highest BCUT2D eigenvalue weighted by Gasteiger charge is 2.58. The van der Waals surface area contributed by atoms with Crippen LogP contribution in [0.15, 0.2) is 51.2 Å². The van der Waals surface area contributed by atoms with Crippen LogP contribution in [0.2, 0.25) is 10.0 Å². The third-order valence-corrected chi connectivity index (χ3v) is 8.31. The van der Waals surface area contributed by atoms with E-state index in [0.29, 0.717) is 5.57 Å². The minimum atomic E-state index is -4.47. The van der Waals surface area contributed by atoms with E-state index in [1.807, 2.05) is 18.2 Å². The lowest BCUT2D eigenvalue weighted by molar-refractivity contribution is -0.160. The predicted octanol–water partition coefficient (Wildman–Crippen LogP) is 9.58. The second-order valence-electron chi connectivity index (χ2n) is 7.78. The maximum absolute atomic E-state index is 14.2. The first-order chi connectivity index (χ1) is 13.3. The van der Waals surface area contributed by atoms with Crippen molar-refractivity contribution in [1.29, 1.82) is 0 Å². The monoisotopic (exact) mass is 540 g/mol. The van der Waals surface area contributed by atoms with E-state index in [2.05, 4.69) is 36.7 Å². The fourth-order valence-corrected chi connectivity index (χ4v) is 6.38. The number of allylic oxidation sites excluding steroid dienone is 1. The average Bonchev–Trinajstić information content (AvgIpc) is 3.01. The van der Waals surface area contributed by atoms with E-state index >= 15 is 0 Å². The molecule has 2 aromatic rings. The summed E-state index contributed by atoms with van der Waals surface area (Å²) in [6.45, 7) is 6.34. The summed E-state index contributed by atoms with van der Waals surface area (Å²) in [7, 11) is 0. The molecule has 156 valence electrons. The third kappa shape index (κ3) is 5.15. The fraction of sp³-hybridized carbons (Fsp3) is 0.333. The van der Waals surface area contributed by atoms with Crippen molar-refractivity contribution in [2.45, 2.75) is 47.8 Å². The van der Waals surface area contributed by atoms with Crippen molar-refractivity contribution in [3.63, 3.8) is 0 Å². The standard InChI is InChI=1S/C21H18BrCl2F3S2/c1-19(2,3)29-18-5-4-12(6-17(18)22)13-10-20(28-11-13,21(25,26)27)14-7-15(23)9-16(24)8-14/h4-9,11H,10H2,1-3H3. The molecule has 3 rings (SSSR count). The van der Waals surface area contributed by atoms with Gasteiger partial charge in [-0.3, -0.25) is 0 Å². The summed E-state index contributed by atoms with van der Waals surface area (Å²) >= 11 is 18.0. The minimum absolute atomic E-state index is 0.0315. The van der Waals surface area contributed by atoms with Gasteiger partial charge in [0, 0.05) is 30.6 Å². The van der Waals surface area contributed by atoms with E-state index in [-0.39, 0.29) is 26.8 Å². The summed E-state index contributed by atoms with van der Waals surface area (Å²) in [5, 5.41) is 1.98. The Kier molecular flexibility index (Phi) is 6.73. The molecule has 0 bridgehead atoms. The fourth-order valence-electron chi connectivity index (χ4n) is 3.09. The van der Waals surface area contributed by atoms with E-state index < -0.39 is 10.9 Å². The van der Waals surface area contributed by atoms with Gasteiger partial charge in [-0.1, -0.05) is 50.0 Å². The van der Waals surface area contributed by atoms with Crippen molar-refractivity contribution in [2.24, 2.45) is 0 Å². The lowest BCUT2D eigenvalue weighted by atomic mass is 9.88. The van der Waals surface area contributed by atoms with E-state index in [1.54, 1.807) is 17.2 Å². The molecule has 0 fully saturated rings. The van der Waals surface area contributed by atoms with E-state index in [0.717, 1.165) is 26.7 Å². The Hall–Kier alpha value is -0.270. The van der Waals surface area contributed by atoms with Gasteiger partial charge in [-0.05, 0) is 68.4 Å². The van der Waals surface area contributed by atoms with Crippen molar-refractivity contribution in [2.75, 3.05) is 0 Å². The van der Waals surface area contributed by atoms with Gasteiger partial charge in [0.15, 0.2) is 0 Å². The molecule has 0 amide bonds. The van der Waals surface area contributed by atoms with Gasteiger partial charge in [-0.15, -0.1) is 23.5 Å². The van der Waals surface area contributed by atoms with Crippen LogP contribution < -0.4 is 0 Å². The molecule has 1 aliphatic heterocycles. The minimum Gasteiger partial charge on any atom is -0.169 e. The Morgan fingerprint density at radius 2 is 1.66 bits per heavy atom. The highest BCUT2D eigenvalue weighted by molar-refractivity contribution is 9.10. The zero-order chi connectivity index (χ0) is 21.6. The lowest BCUT2D eigenvalue weighted by Gasteiger charge is -2.32. The van der Waals surface area contributed by atoms with Crippen LogP contribution in [-0.2, 0) is 4.75 Å². The first kappa shape index (κ1) is 23.4. The van der Waals surface area contributed by atoms with Gasteiger partial charge in [-0.2, -0.15) is 13.2 Å². The second kappa shape index (κ2) is 8.34. The lowest BCUT2D eigenvalue weighted by Crippen LogP contribution is -2.37. The molecule has 0 radical (unpaired) electrons.